The molecule has 1 unspecified atom stereocenters. The number of para-hydroxylation sites is 1. The van der Waals surface area contributed by atoms with E-state index in [1.165, 1.54) is 6.07 Å². The summed E-state index contributed by atoms with van der Waals surface area (Å²) >= 11 is 0. The molecule has 1 aromatic rings. The van der Waals surface area contributed by atoms with Gasteiger partial charge in [0.2, 0.25) is 0 Å². The zero-order valence-electron chi connectivity index (χ0n) is 9.30. The van der Waals surface area contributed by atoms with Crippen LogP contribution in [0, 0.1) is 10.1 Å². The van der Waals surface area contributed by atoms with Gasteiger partial charge in [0.05, 0.1) is 11.5 Å². The summed E-state index contributed by atoms with van der Waals surface area (Å²) in [6.45, 7) is 2.03. The summed E-state index contributed by atoms with van der Waals surface area (Å²) in [5.74, 6) is -0.377. The number of nitro groups is 1. The fourth-order valence-corrected chi connectivity index (χ4v) is 1.91. The Hall–Kier alpha value is -2.11. The molecule has 6 heteroatoms. The van der Waals surface area contributed by atoms with Gasteiger partial charge < -0.3 is 10.1 Å². The quantitative estimate of drug-likeness (QED) is 0.488. The van der Waals surface area contributed by atoms with Crippen molar-refractivity contribution in [3.8, 4) is 0 Å². The first-order valence-electron chi connectivity index (χ1n) is 5.33. The molecule has 17 heavy (non-hydrogen) atoms. The van der Waals surface area contributed by atoms with Crippen LogP contribution >= 0.6 is 0 Å². The molecule has 0 saturated carbocycles. The summed E-state index contributed by atoms with van der Waals surface area (Å²) in [4.78, 5) is 21.9. The van der Waals surface area contributed by atoms with Gasteiger partial charge in [0.15, 0.2) is 0 Å². The number of nitrogens with zero attached hydrogens (tertiary/aromatic N) is 1. The number of esters is 1. The first-order valence-corrected chi connectivity index (χ1v) is 5.33. The Bertz CT molecular complexity index is 473. The van der Waals surface area contributed by atoms with E-state index >= 15 is 0 Å². The molecule has 90 valence electrons. The number of nitro benzene ring substituents is 1. The molecule has 1 N–H and O–H groups in total. The van der Waals surface area contributed by atoms with Gasteiger partial charge in [-0.2, -0.15) is 0 Å². The molecule has 0 amide bonds. The van der Waals surface area contributed by atoms with Crippen molar-refractivity contribution in [2.75, 3.05) is 11.9 Å². The molecule has 0 spiro atoms. The molecule has 0 aromatic heterocycles. The van der Waals surface area contributed by atoms with Crippen molar-refractivity contribution >= 4 is 17.3 Å². The molecule has 1 aromatic carbocycles. The van der Waals surface area contributed by atoms with Crippen molar-refractivity contribution in [1.82, 2.24) is 0 Å². The molecular weight excluding hydrogens is 224 g/mol. The Morgan fingerprint density at radius 3 is 3.06 bits per heavy atom. The number of hydrogen-bond donors (Lipinski definition) is 1. The molecule has 0 aliphatic carbocycles. The monoisotopic (exact) mass is 236 g/mol. The van der Waals surface area contributed by atoms with E-state index in [-0.39, 0.29) is 11.7 Å². The fraction of sp³-hybridized carbons (Fsp3) is 0.364. The van der Waals surface area contributed by atoms with Crippen LogP contribution in [0.25, 0.3) is 0 Å². The van der Waals surface area contributed by atoms with Crippen LogP contribution in [0.4, 0.5) is 11.4 Å². The van der Waals surface area contributed by atoms with Crippen molar-refractivity contribution in [3.05, 3.63) is 33.9 Å². The Morgan fingerprint density at radius 1 is 1.65 bits per heavy atom. The number of rotatable bonds is 3. The molecule has 0 bridgehead atoms. The lowest BCUT2D eigenvalue weighted by atomic mass is 10.1. The van der Waals surface area contributed by atoms with Crippen molar-refractivity contribution in [2.45, 2.75) is 19.4 Å². The van der Waals surface area contributed by atoms with Gasteiger partial charge in [-0.05, 0) is 12.5 Å². The molecule has 1 aliphatic rings. The maximum atomic E-state index is 11.5. The third kappa shape index (κ3) is 2.06. The van der Waals surface area contributed by atoms with Crippen LogP contribution < -0.4 is 5.32 Å². The van der Waals surface area contributed by atoms with Crippen molar-refractivity contribution in [1.29, 1.82) is 0 Å². The molecule has 6 nitrogen and oxygen atoms in total. The van der Waals surface area contributed by atoms with Gasteiger partial charge in [-0.1, -0.05) is 12.1 Å². The molecule has 0 saturated heterocycles. The van der Waals surface area contributed by atoms with E-state index in [2.05, 4.69) is 5.32 Å². The first-order chi connectivity index (χ1) is 8.13. The minimum absolute atomic E-state index is 0.00528. The van der Waals surface area contributed by atoms with Gasteiger partial charge in [0.25, 0.3) is 5.69 Å². The van der Waals surface area contributed by atoms with Crippen LogP contribution in [0.3, 0.4) is 0 Å². The molecule has 1 atom stereocenters. The normalized spacial score (nSPS) is 17.1. The minimum Gasteiger partial charge on any atom is -0.464 e. The summed E-state index contributed by atoms with van der Waals surface area (Å²) in [7, 11) is 0. The molecule has 2 rings (SSSR count). The summed E-state index contributed by atoms with van der Waals surface area (Å²) in [5, 5.41) is 13.7. The maximum absolute atomic E-state index is 11.5. The van der Waals surface area contributed by atoms with Crippen LogP contribution in [0.1, 0.15) is 12.5 Å². The predicted molar refractivity (Wildman–Crippen MR) is 60.8 cm³/mol. The Labute approximate surface area is 97.7 Å². The second-order valence-corrected chi connectivity index (χ2v) is 3.72. The van der Waals surface area contributed by atoms with E-state index in [0.29, 0.717) is 18.7 Å². The van der Waals surface area contributed by atoms with Gasteiger partial charge in [0.1, 0.15) is 11.7 Å². The third-order valence-corrected chi connectivity index (χ3v) is 2.64. The van der Waals surface area contributed by atoms with Crippen LogP contribution in [-0.2, 0) is 16.0 Å². The number of anilines is 1. The van der Waals surface area contributed by atoms with Crippen LogP contribution in [0.5, 0.6) is 0 Å². The zero-order valence-corrected chi connectivity index (χ0v) is 9.30. The molecular formula is C11H12N2O4. The minimum atomic E-state index is -0.522. The van der Waals surface area contributed by atoms with Crippen molar-refractivity contribution in [2.24, 2.45) is 0 Å². The van der Waals surface area contributed by atoms with E-state index in [1.54, 1.807) is 19.1 Å². The van der Waals surface area contributed by atoms with Crippen LogP contribution in [0.15, 0.2) is 18.2 Å². The second kappa shape index (κ2) is 4.40. The Balaban J connectivity index is 2.24. The average Bonchev–Trinajstić information content (AvgIpc) is 2.72. The number of fused-ring (bicyclic) bond motifs is 1. The molecule has 1 heterocycles. The van der Waals surface area contributed by atoms with Gasteiger partial charge in [-0.3, -0.25) is 10.1 Å². The Kier molecular flexibility index (Phi) is 2.95. The maximum Gasteiger partial charge on any atom is 0.328 e. The van der Waals surface area contributed by atoms with Gasteiger partial charge in [-0.25, -0.2) is 4.79 Å². The molecule has 0 fully saturated rings. The number of hydrogen-bond acceptors (Lipinski definition) is 5. The summed E-state index contributed by atoms with van der Waals surface area (Å²) in [5.41, 5.74) is 1.20. The lowest BCUT2D eigenvalue weighted by Gasteiger charge is -2.09. The highest BCUT2D eigenvalue weighted by Gasteiger charge is 2.32. The lowest BCUT2D eigenvalue weighted by Crippen LogP contribution is -2.29. The van der Waals surface area contributed by atoms with Gasteiger partial charge >= 0.3 is 5.97 Å². The van der Waals surface area contributed by atoms with Gasteiger partial charge in [0, 0.05) is 12.5 Å². The third-order valence-electron chi connectivity index (χ3n) is 2.64. The summed E-state index contributed by atoms with van der Waals surface area (Å²) in [6, 6.07) is 4.28. The van der Waals surface area contributed by atoms with E-state index in [0.717, 1.165) is 5.56 Å². The predicted octanol–water partition coefficient (Wildman–Crippen LogP) is 1.49. The highest BCUT2D eigenvalue weighted by Crippen LogP contribution is 2.34. The number of carbonyl (C=O) groups is 1. The number of nitrogens with one attached hydrogen (secondary N) is 1. The topological polar surface area (TPSA) is 81.5 Å². The van der Waals surface area contributed by atoms with Crippen molar-refractivity contribution < 1.29 is 14.5 Å². The number of carbonyl (C=O) groups excluding carboxylic acids is 1. The molecule has 0 radical (unpaired) electrons. The van der Waals surface area contributed by atoms with Gasteiger partial charge in [-0.15, -0.1) is 0 Å². The smallest absolute Gasteiger partial charge is 0.328 e. The van der Waals surface area contributed by atoms with Crippen LogP contribution in [-0.4, -0.2) is 23.5 Å². The van der Waals surface area contributed by atoms with E-state index in [1.807, 2.05) is 0 Å². The van der Waals surface area contributed by atoms with E-state index in [9.17, 15) is 14.9 Å². The van der Waals surface area contributed by atoms with Crippen molar-refractivity contribution in [3.63, 3.8) is 0 Å². The average molecular weight is 236 g/mol. The summed E-state index contributed by atoms with van der Waals surface area (Å²) < 4.78 is 4.89. The largest absolute Gasteiger partial charge is 0.464 e. The molecule has 1 aliphatic heterocycles. The standard InChI is InChI=1S/C11H12N2O4/c1-2-17-11(14)8-6-7-4-3-5-9(13(15)16)10(7)12-8/h3-5,8,12H,2,6H2,1H3. The number of benzene rings is 1. The highest BCUT2D eigenvalue weighted by molar-refractivity contribution is 5.85. The Morgan fingerprint density at radius 2 is 2.41 bits per heavy atom. The zero-order chi connectivity index (χ0) is 12.4. The first kappa shape index (κ1) is 11.4. The van der Waals surface area contributed by atoms with E-state index < -0.39 is 11.0 Å². The lowest BCUT2D eigenvalue weighted by molar-refractivity contribution is -0.383. The number of ether oxygens (including phenoxy) is 1. The van der Waals surface area contributed by atoms with Crippen LogP contribution in [0.2, 0.25) is 0 Å². The SMILES string of the molecule is CCOC(=O)C1Cc2cccc([N+](=O)[O-])c2N1. The second-order valence-electron chi connectivity index (χ2n) is 3.72. The highest BCUT2D eigenvalue weighted by atomic mass is 16.6. The van der Waals surface area contributed by atoms with E-state index in [4.69, 9.17) is 4.74 Å². The summed E-state index contributed by atoms with van der Waals surface area (Å²) in [6.07, 6.45) is 0.426. The fourth-order valence-electron chi connectivity index (χ4n) is 1.91.